The second kappa shape index (κ2) is 8.51. The largest absolute Gasteiger partial charge is 0.496 e. The quantitative estimate of drug-likeness (QED) is 0.632. The van der Waals surface area contributed by atoms with Gasteiger partial charge in [0.05, 0.1) is 7.11 Å². The minimum absolute atomic E-state index is 0.0765. The molecular weight excluding hydrogens is 413 g/mol. The molecule has 0 fully saturated rings. The van der Waals surface area contributed by atoms with Crippen LogP contribution in [0.3, 0.4) is 0 Å². The van der Waals surface area contributed by atoms with Crippen molar-refractivity contribution in [1.82, 2.24) is 0 Å². The summed E-state index contributed by atoms with van der Waals surface area (Å²) in [7, 11) is 1.68. The summed E-state index contributed by atoms with van der Waals surface area (Å²) in [5.41, 5.74) is 5.53. The Labute approximate surface area is 157 Å². The third-order valence-electron chi connectivity index (χ3n) is 4.09. The van der Waals surface area contributed by atoms with Crippen LogP contribution >= 0.6 is 22.6 Å². The number of anilines is 1. The third-order valence-corrected chi connectivity index (χ3v) is 4.71. The fourth-order valence-electron chi connectivity index (χ4n) is 2.86. The molecule has 0 atom stereocenters. The predicted molar refractivity (Wildman–Crippen MR) is 108 cm³/mol. The van der Waals surface area contributed by atoms with Crippen molar-refractivity contribution in [2.24, 2.45) is 0 Å². The van der Waals surface area contributed by atoms with E-state index in [1.54, 1.807) is 7.11 Å². The van der Waals surface area contributed by atoms with Crippen LogP contribution in [0.4, 0.5) is 5.69 Å². The van der Waals surface area contributed by atoms with Gasteiger partial charge in [-0.1, -0.05) is 12.1 Å². The molecule has 0 aliphatic heterocycles. The van der Waals surface area contributed by atoms with Crippen molar-refractivity contribution >= 4 is 34.2 Å². The lowest BCUT2D eigenvalue weighted by molar-refractivity contribution is -0.116. The second-order valence-corrected chi connectivity index (χ2v) is 7.37. The molecular formula is C20H24INO2. The van der Waals surface area contributed by atoms with E-state index in [0.29, 0.717) is 6.42 Å². The van der Waals surface area contributed by atoms with Crippen LogP contribution in [-0.4, -0.2) is 13.0 Å². The highest BCUT2D eigenvalue weighted by Gasteiger charge is 2.09. The number of nitrogens with one attached hydrogen (secondary N) is 1. The van der Waals surface area contributed by atoms with E-state index in [4.69, 9.17) is 4.74 Å². The first-order valence-corrected chi connectivity index (χ1v) is 9.18. The van der Waals surface area contributed by atoms with Gasteiger partial charge in [-0.05, 0) is 96.7 Å². The van der Waals surface area contributed by atoms with Gasteiger partial charge in [0, 0.05) is 15.7 Å². The van der Waals surface area contributed by atoms with Gasteiger partial charge < -0.3 is 10.1 Å². The molecule has 2 rings (SSSR count). The van der Waals surface area contributed by atoms with E-state index >= 15 is 0 Å². The zero-order chi connectivity index (χ0) is 17.7. The summed E-state index contributed by atoms with van der Waals surface area (Å²) in [6, 6.07) is 10.4. The van der Waals surface area contributed by atoms with Crippen LogP contribution in [0.2, 0.25) is 0 Å². The zero-order valence-electron chi connectivity index (χ0n) is 14.7. The number of carbonyl (C=O) groups is 1. The Morgan fingerprint density at radius 1 is 1.08 bits per heavy atom. The maximum Gasteiger partial charge on any atom is 0.224 e. The number of ether oxygens (including phenoxy) is 1. The lowest BCUT2D eigenvalue weighted by Gasteiger charge is -2.12. The van der Waals surface area contributed by atoms with Crippen molar-refractivity contribution in [1.29, 1.82) is 0 Å². The molecule has 0 aliphatic rings. The number of rotatable bonds is 6. The fraction of sp³-hybridized carbons (Fsp3) is 0.350. The minimum Gasteiger partial charge on any atom is -0.496 e. The molecule has 0 aliphatic carbocycles. The highest BCUT2D eigenvalue weighted by Crippen LogP contribution is 2.24. The van der Waals surface area contributed by atoms with E-state index in [0.717, 1.165) is 41.0 Å². The van der Waals surface area contributed by atoms with Crippen molar-refractivity contribution in [2.45, 2.75) is 40.0 Å². The number of methoxy groups -OCH3 is 1. The van der Waals surface area contributed by atoms with Gasteiger partial charge in [0.1, 0.15) is 5.75 Å². The number of carbonyl (C=O) groups excluding carboxylic acids is 1. The summed E-state index contributed by atoms with van der Waals surface area (Å²) < 4.78 is 6.47. The Morgan fingerprint density at radius 3 is 2.33 bits per heavy atom. The molecule has 0 radical (unpaired) electrons. The van der Waals surface area contributed by atoms with Gasteiger partial charge in [0.2, 0.25) is 5.91 Å². The number of hydrogen-bond donors (Lipinski definition) is 1. The van der Waals surface area contributed by atoms with Gasteiger partial charge in [-0.3, -0.25) is 4.79 Å². The van der Waals surface area contributed by atoms with E-state index in [1.165, 1.54) is 9.13 Å². The smallest absolute Gasteiger partial charge is 0.224 e. The maximum atomic E-state index is 12.2. The molecule has 0 saturated carbocycles. The first-order chi connectivity index (χ1) is 11.4. The van der Waals surface area contributed by atoms with Crippen molar-refractivity contribution < 1.29 is 9.53 Å². The molecule has 2 aromatic carbocycles. The fourth-order valence-corrected chi connectivity index (χ4v) is 3.79. The van der Waals surface area contributed by atoms with Gasteiger partial charge in [0.25, 0.3) is 0 Å². The number of amides is 1. The number of aryl methyl sites for hydroxylation is 4. The van der Waals surface area contributed by atoms with Gasteiger partial charge >= 0.3 is 0 Å². The van der Waals surface area contributed by atoms with Crippen molar-refractivity contribution in [3.63, 3.8) is 0 Å². The van der Waals surface area contributed by atoms with Crippen LogP contribution in [0.15, 0.2) is 30.3 Å². The molecule has 3 nitrogen and oxygen atoms in total. The second-order valence-electron chi connectivity index (χ2n) is 6.12. The molecule has 4 heteroatoms. The van der Waals surface area contributed by atoms with Crippen LogP contribution in [0.25, 0.3) is 0 Å². The van der Waals surface area contributed by atoms with Crippen LogP contribution in [0, 0.1) is 24.3 Å². The summed E-state index contributed by atoms with van der Waals surface area (Å²) in [6.07, 6.45) is 2.25. The monoisotopic (exact) mass is 437 g/mol. The Kier molecular flexibility index (Phi) is 6.66. The molecule has 128 valence electrons. The SMILES string of the molecule is COc1ccc(CCCC(=O)Nc2c(C)cc(I)cc2C)cc1C. The van der Waals surface area contributed by atoms with E-state index in [2.05, 4.69) is 52.2 Å². The molecule has 24 heavy (non-hydrogen) atoms. The van der Waals surface area contributed by atoms with Gasteiger partial charge in [-0.25, -0.2) is 0 Å². The van der Waals surface area contributed by atoms with Crippen LogP contribution in [0.1, 0.15) is 35.1 Å². The molecule has 0 unspecified atom stereocenters. The standard InChI is InChI=1S/C20H24INO2/c1-13-10-16(8-9-18(13)24-4)6-5-7-19(23)22-20-14(2)11-17(21)12-15(20)3/h8-12H,5-7H2,1-4H3,(H,22,23). The molecule has 0 heterocycles. The summed E-state index contributed by atoms with van der Waals surface area (Å²) in [5.74, 6) is 0.980. The van der Waals surface area contributed by atoms with Crippen molar-refractivity contribution in [2.75, 3.05) is 12.4 Å². The average molecular weight is 437 g/mol. The Hall–Kier alpha value is -1.56. The van der Waals surface area contributed by atoms with Crippen LogP contribution in [0.5, 0.6) is 5.75 Å². The molecule has 0 saturated heterocycles. The van der Waals surface area contributed by atoms with E-state index in [9.17, 15) is 4.79 Å². The predicted octanol–water partition coefficient (Wildman–Crippen LogP) is 5.19. The van der Waals surface area contributed by atoms with Crippen molar-refractivity contribution in [3.05, 3.63) is 56.2 Å². The molecule has 2 aromatic rings. The van der Waals surface area contributed by atoms with Gasteiger partial charge in [-0.15, -0.1) is 0 Å². The average Bonchev–Trinajstić information content (AvgIpc) is 2.51. The minimum atomic E-state index is 0.0765. The van der Waals surface area contributed by atoms with E-state index in [1.807, 2.05) is 26.8 Å². The van der Waals surface area contributed by atoms with Gasteiger partial charge in [-0.2, -0.15) is 0 Å². The van der Waals surface area contributed by atoms with Crippen LogP contribution < -0.4 is 10.1 Å². The number of benzene rings is 2. The molecule has 0 spiro atoms. The summed E-state index contributed by atoms with van der Waals surface area (Å²) >= 11 is 2.30. The first-order valence-electron chi connectivity index (χ1n) is 8.11. The highest BCUT2D eigenvalue weighted by atomic mass is 127. The summed E-state index contributed by atoms with van der Waals surface area (Å²) in [6.45, 7) is 6.10. The Morgan fingerprint density at radius 2 is 1.75 bits per heavy atom. The number of halogens is 1. The summed E-state index contributed by atoms with van der Waals surface area (Å²) in [5, 5.41) is 3.06. The van der Waals surface area contributed by atoms with E-state index in [-0.39, 0.29) is 5.91 Å². The molecule has 0 aromatic heterocycles. The third kappa shape index (κ3) is 4.97. The highest BCUT2D eigenvalue weighted by molar-refractivity contribution is 14.1. The van der Waals surface area contributed by atoms with E-state index < -0.39 is 0 Å². The first kappa shape index (κ1) is 18.8. The normalized spacial score (nSPS) is 10.5. The molecule has 1 amide bonds. The lowest BCUT2D eigenvalue weighted by Crippen LogP contribution is -2.13. The molecule has 0 bridgehead atoms. The Bertz CT molecular complexity index is 717. The van der Waals surface area contributed by atoms with Crippen molar-refractivity contribution in [3.8, 4) is 5.75 Å². The number of hydrogen-bond acceptors (Lipinski definition) is 2. The Balaban J connectivity index is 1.89. The topological polar surface area (TPSA) is 38.3 Å². The van der Waals surface area contributed by atoms with Crippen LogP contribution in [-0.2, 0) is 11.2 Å². The molecule has 1 N–H and O–H groups in total. The van der Waals surface area contributed by atoms with Gasteiger partial charge in [0.15, 0.2) is 0 Å². The lowest BCUT2D eigenvalue weighted by atomic mass is 10.0. The summed E-state index contributed by atoms with van der Waals surface area (Å²) in [4.78, 5) is 12.2. The zero-order valence-corrected chi connectivity index (χ0v) is 16.9. The maximum absolute atomic E-state index is 12.2.